The molecule has 19 heavy (non-hydrogen) atoms. The van der Waals surface area contributed by atoms with E-state index in [0.29, 0.717) is 5.82 Å². The maximum absolute atomic E-state index is 13.6. The van der Waals surface area contributed by atoms with Crippen LogP contribution < -0.4 is 5.32 Å². The molecule has 0 aliphatic heterocycles. The lowest BCUT2D eigenvalue weighted by atomic mass is 10.3. The fourth-order valence-electron chi connectivity index (χ4n) is 1.66. The van der Waals surface area contributed by atoms with Crippen LogP contribution in [-0.2, 0) is 6.54 Å². The Kier molecular flexibility index (Phi) is 4.14. The molecular formula is C12H13BrF2N4. The highest BCUT2D eigenvalue weighted by Gasteiger charge is 2.11. The third-order valence-electron chi connectivity index (χ3n) is 2.58. The first kappa shape index (κ1) is 13.9. The first-order chi connectivity index (χ1) is 8.99. The lowest BCUT2D eigenvalue weighted by Gasteiger charge is -2.11. The third kappa shape index (κ3) is 3.09. The number of hydrogen-bond acceptors (Lipinski definition) is 3. The molecule has 0 bridgehead atoms. The van der Waals surface area contributed by atoms with Gasteiger partial charge in [0.25, 0.3) is 0 Å². The van der Waals surface area contributed by atoms with Crippen LogP contribution in [0.3, 0.4) is 0 Å². The van der Waals surface area contributed by atoms with Gasteiger partial charge < -0.3 is 5.32 Å². The van der Waals surface area contributed by atoms with Gasteiger partial charge >= 0.3 is 0 Å². The second-order valence-electron chi connectivity index (χ2n) is 4.31. The standard InChI is InChI=1S/C12H13BrF2N4/c1-7(2)19-12(17-6-18-19)5-16-11-4-9(14)8(13)3-10(11)15/h3-4,6-7,16H,5H2,1-2H3. The molecule has 2 rings (SSSR count). The summed E-state index contributed by atoms with van der Waals surface area (Å²) in [6.45, 7) is 4.21. The van der Waals surface area contributed by atoms with Crippen LogP contribution in [0.15, 0.2) is 22.9 Å². The Labute approximate surface area is 118 Å². The third-order valence-corrected chi connectivity index (χ3v) is 3.19. The monoisotopic (exact) mass is 330 g/mol. The van der Waals surface area contributed by atoms with Crippen molar-refractivity contribution in [2.45, 2.75) is 26.4 Å². The van der Waals surface area contributed by atoms with E-state index in [2.05, 4.69) is 31.3 Å². The van der Waals surface area contributed by atoms with Gasteiger partial charge in [0.2, 0.25) is 0 Å². The fourth-order valence-corrected chi connectivity index (χ4v) is 1.98. The summed E-state index contributed by atoms with van der Waals surface area (Å²) in [5.41, 5.74) is 0.0963. The molecule has 0 fully saturated rings. The molecule has 1 N–H and O–H groups in total. The quantitative estimate of drug-likeness (QED) is 0.872. The zero-order chi connectivity index (χ0) is 14.0. The summed E-state index contributed by atoms with van der Waals surface area (Å²) in [7, 11) is 0. The lowest BCUT2D eigenvalue weighted by Crippen LogP contribution is -2.12. The second-order valence-corrected chi connectivity index (χ2v) is 5.17. The van der Waals surface area contributed by atoms with Gasteiger partial charge in [-0.1, -0.05) is 0 Å². The van der Waals surface area contributed by atoms with E-state index in [1.165, 1.54) is 6.33 Å². The summed E-state index contributed by atoms with van der Waals surface area (Å²) in [4.78, 5) is 4.09. The van der Waals surface area contributed by atoms with Crippen LogP contribution in [0.2, 0.25) is 0 Å². The molecule has 1 aromatic heterocycles. The molecule has 0 amide bonds. The number of benzene rings is 1. The van der Waals surface area contributed by atoms with Gasteiger partial charge in [-0.15, -0.1) is 0 Å². The number of hydrogen-bond donors (Lipinski definition) is 1. The number of nitrogens with one attached hydrogen (secondary N) is 1. The molecule has 1 heterocycles. The van der Waals surface area contributed by atoms with E-state index in [1.807, 2.05) is 13.8 Å². The molecule has 7 heteroatoms. The molecule has 0 aliphatic carbocycles. The summed E-state index contributed by atoms with van der Waals surface area (Å²) in [5.74, 6) is -0.379. The van der Waals surface area contributed by atoms with Crippen molar-refractivity contribution in [2.24, 2.45) is 0 Å². The first-order valence-electron chi connectivity index (χ1n) is 5.76. The zero-order valence-electron chi connectivity index (χ0n) is 10.5. The van der Waals surface area contributed by atoms with Crippen molar-refractivity contribution >= 4 is 21.6 Å². The predicted molar refractivity (Wildman–Crippen MR) is 71.8 cm³/mol. The Hall–Kier alpha value is -1.50. The summed E-state index contributed by atoms with van der Waals surface area (Å²) in [5, 5.41) is 6.89. The average molecular weight is 331 g/mol. The van der Waals surface area contributed by atoms with Gasteiger partial charge in [-0.05, 0) is 35.8 Å². The maximum atomic E-state index is 13.6. The Morgan fingerprint density at radius 3 is 2.74 bits per heavy atom. The lowest BCUT2D eigenvalue weighted by molar-refractivity contribution is 0.508. The summed E-state index contributed by atoms with van der Waals surface area (Å²) >= 11 is 2.93. The normalized spacial score (nSPS) is 11.1. The molecule has 0 atom stereocenters. The van der Waals surface area contributed by atoms with Gasteiger partial charge in [-0.2, -0.15) is 5.10 Å². The Balaban J connectivity index is 2.15. The number of nitrogens with zero attached hydrogens (tertiary/aromatic N) is 3. The highest BCUT2D eigenvalue weighted by molar-refractivity contribution is 9.10. The Morgan fingerprint density at radius 1 is 1.32 bits per heavy atom. The predicted octanol–water partition coefficient (Wildman–Crippen LogP) is 3.51. The van der Waals surface area contributed by atoms with Crippen molar-refractivity contribution in [2.75, 3.05) is 5.32 Å². The Morgan fingerprint density at radius 2 is 2.05 bits per heavy atom. The van der Waals surface area contributed by atoms with Gasteiger partial charge in [0, 0.05) is 12.1 Å². The molecule has 0 spiro atoms. The number of aromatic nitrogens is 3. The molecule has 102 valence electrons. The van der Waals surface area contributed by atoms with E-state index in [-0.39, 0.29) is 22.7 Å². The van der Waals surface area contributed by atoms with Crippen LogP contribution in [0.1, 0.15) is 25.7 Å². The molecule has 4 nitrogen and oxygen atoms in total. The number of anilines is 1. The summed E-state index contributed by atoms with van der Waals surface area (Å²) in [6, 6.07) is 2.35. The van der Waals surface area contributed by atoms with Crippen LogP contribution in [-0.4, -0.2) is 14.8 Å². The largest absolute Gasteiger partial charge is 0.375 e. The van der Waals surface area contributed by atoms with Gasteiger partial charge in [-0.3, -0.25) is 0 Å². The van der Waals surface area contributed by atoms with E-state index in [4.69, 9.17) is 0 Å². The van der Waals surface area contributed by atoms with Crippen LogP contribution in [0.4, 0.5) is 14.5 Å². The zero-order valence-corrected chi connectivity index (χ0v) is 12.1. The average Bonchev–Trinajstić information content (AvgIpc) is 2.80. The van der Waals surface area contributed by atoms with Gasteiger partial charge in [0.05, 0.1) is 16.7 Å². The Bertz CT molecular complexity index is 583. The molecular weight excluding hydrogens is 318 g/mol. The van der Waals surface area contributed by atoms with Crippen molar-refractivity contribution in [3.8, 4) is 0 Å². The topological polar surface area (TPSA) is 42.7 Å². The van der Waals surface area contributed by atoms with E-state index >= 15 is 0 Å². The molecule has 0 aliphatic rings. The number of halogens is 3. The van der Waals surface area contributed by atoms with E-state index in [9.17, 15) is 8.78 Å². The minimum absolute atomic E-state index is 0.0963. The highest BCUT2D eigenvalue weighted by atomic mass is 79.9. The van der Waals surface area contributed by atoms with Crippen molar-refractivity contribution in [3.05, 3.63) is 40.4 Å². The van der Waals surface area contributed by atoms with Crippen molar-refractivity contribution < 1.29 is 8.78 Å². The molecule has 0 unspecified atom stereocenters. The summed E-state index contributed by atoms with van der Waals surface area (Å²) < 4.78 is 28.8. The molecule has 0 saturated heterocycles. The van der Waals surface area contributed by atoms with Crippen LogP contribution in [0, 0.1) is 11.6 Å². The molecule has 1 aromatic carbocycles. The van der Waals surface area contributed by atoms with E-state index in [1.54, 1.807) is 4.68 Å². The van der Waals surface area contributed by atoms with Crippen molar-refractivity contribution in [1.29, 1.82) is 0 Å². The maximum Gasteiger partial charge on any atom is 0.147 e. The SMILES string of the molecule is CC(C)n1ncnc1CNc1cc(F)c(Br)cc1F. The van der Waals surface area contributed by atoms with Crippen molar-refractivity contribution in [3.63, 3.8) is 0 Å². The van der Waals surface area contributed by atoms with Gasteiger partial charge in [0.1, 0.15) is 23.8 Å². The number of rotatable bonds is 4. The van der Waals surface area contributed by atoms with Gasteiger partial charge in [0.15, 0.2) is 0 Å². The van der Waals surface area contributed by atoms with Crippen LogP contribution in [0.25, 0.3) is 0 Å². The summed E-state index contributed by atoms with van der Waals surface area (Å²) in [6.07, 6.45) is 1.44. The minimum atomic E-state index is -0.524. The van der Waals surface area contributed by atoms with E-state index in [0.717, 1.165) is 12.1 Å². The first-order valence-corrected chi connectivity index (χ1v) is 6.55. The van der Waals surface area contributed by atoms with E-state index < -0.39 is 11.6 Å². The van der Waals surface area contributed by atoms with Crippen molar-refractivity contribution in [1.82, 2.24) is 14.8 Å². The minimum Gasteiger partial charge on any atom is -0.375 e. The molecule has 2 aromatic rings. The van der Waals surface area contributed by atoms with Crippen LogP contribution in [0.5, 0.6) is 0 Å². The van der Waals surface area contributed by atoms with Gasteiger partial charge in [-0.25, -0.2) is 18.4 Å². The highest BCUT2D eigenvalue weighted by Crippen LogP contribution is 2.23. The smallest absolute Gasteiger partial charge is 0.147 e. The molecule has 0 saturated carbocycles. The van der Waals surface area contributed by atoms with Crippen LogP contribution >= 0.6 is 15.9 Å². The molecule has 0 radical (unpaired) electrons. The second kappa shape index (κ2) is 5.64. The fraction of sp³-hybridized carbons (Fsp3) is 0.333.